The van der Waals surface area contributed by atoms with E-state index in [-0.39, 0.29) is 5.56 Å². The Kier molecular flexibility index (Phi) is 3.70. The molecule has 0 aliphatic rings. The van der Waals surface area contributed by atoms with E-state index in [1.165, 1.54) is 0 Å². The number of aromatic carboxylic acids is 1. The quantitative estimate of drug-likeness (QED) is 0.768. The van der Waals surface area contributed by atoms with Crippen LogP contribution in [0.4, 0.5) is 11.6 Å². The number of anilines is 2. The minimum absolute atomic E-state index is 0.222. The third-order valence-electron chi connectivity index (χ3n) is 3.44. The lowest BCUT2D eigenvalue weighted by molar-refractivity contribution is 0.0697. The molecule has 5 heteroatoms. The molecule has 22 heavy (non-hydrogen) atoms. The molecule has 110 valence electrons. The highest BCUT2D eigenvalue weighted by Gasteiger charge is 2.06. The first-order valence-corrected chi connectivity index (χ1v) is 7.02. The first-order valence-electron chi connectivity index (χ1n) is 7.02. The van der Waals surface area contributed by atoms with Gasteiger partial charge in [-0.2, -0.15) is 0 Å². The predicted octanol–water partition coefficient (Wildman–Crippen LogP) is 3.63. The van der Waals surface area contributed by atoms with E-state index in [4.69, 9.17) is 5.11 Å². The van der Waals surface area contributed by atoms with Crippen LogP contribution in [0, 0.1) is 0 Å². The second-order valence-electron chi connectivity index (χ2n) is 4.91. The zero-order valence-electron chi connectivity index (χ0n) is 12.1. The van der Waals surface area contributed by atoms with Crippen LogP contribution >= 0.6 is 0 Å². The minimum Gasteiger partial charge on any atom is -0.478 e. The van der Waals surface area contributed by atoms with Crippen LogP contribution in [-0.2, 0) is 6.42 Å². The van der Waals surface area contributed by atoms with Crippen molar-refractivity contribution >= 4 is 28.5 Å². The highest BCUT2D eigenvalue weighted by molar-refractivity contribution is 5.89. The van der Waals surface area contributed by atoms with Crippen LogP contribution < -0.4 is 5.32 Å². The summed E-state index contributed by atoms with van der Waals surface area (Å²) in [6.45, 7) is 2.08. The van der Waals surface area contributed by atoms with Gasteiger partial charge in [-0.05, 0) is 30.2 Å². The fraction of sp³-hybridized carbons (Fsp3) is 0.118. The summed E-state index contributed by atoms with van der Waals surface area (Å²) in [4.78, 5) is 19.8. The van der Waals surface area contributed by atoms with E-state index >= 15 is 0 Å². The fourth-order valence-corrected chi connectivity index (χ4v) is 2.32. The van der Waals surface area contributed by atoms with Crippen LogP contribution in [0.15, 0.2) is 48.7 Å². The van der Waals surface area contributed by atoms with Gasteiger partial charge in [0.25, 0.3) is 0 Å². The lowest BCUT2D eigenvalue weighted by Crippen LogP contribution is -2.01. The Bertz CT molecular complexity index is 846. The van der Waals surface area contributed by atoms with Gasteiger partial charge >= 0.3 is 5.97 Å². The summed E-state index contributed by atoms with van der Waals surface area (Å²) in [5, 5.41) is 13.1. The lowest BCUT2D eigenvalue weighted by Gasteiger charge is -2.08. The molecule has 0 atom stereocenters. The first-order chi connectivity index (χ1) is 10.7. The maximum Gasteiger partial charge on any atom is 0.335 e. The Morgan fingerprint density at radius 1 is 1.23 bits per heavy atom. The molecule has 3 rings (SSSR count). The summed E-state index contributed by atoms with van der Waals surface area (Å²) in [6, 6.07) is 12.6. The summed E-state index contributed by atoms with van der Waals surface area (Å²) in [7, 11) is 0. The van der Waals surface area contributed by atoms with Gasteiger partial charge in [-0.15, -0.1) is 0 Å². The molecular weight excluding hydrogens is 278 g/mol. The van der Waals surface area contributed by atoms with Crippen molar-refractivity contribution < 1.29 is 9.90 Å². The lowest BCUT2D eigenvalue weighted by atomic mass is 10.1. The van der Waals surface area contributed by atoms with Crippen molar-refractivity contribution in [2.45, 2.75) is 13.3 Å². The molecule has 0 spiro atoms. The second kappa shape index (κ2) is 5.81. The van der Waals surface area contributed by atoms with E-state index in [2.05, 4.69) is 22.2 Å². The van der Waals surface area contributed by atoms with Crippen molar-refractivity contribution in [2.24, 2.45) is 0 Å². The van der Waals surface area contributed by atoms with E-state index in [0.29, 0.717) is 11.6 Å². The van der Waals surface area contributed by atoms with Gasteiger partial charge in [0.1, 0.15) is 0 Å². The largest absolute Gasteiger partial charge is 0.478 e. The molecule has 0 fully saturated rings. The van der Waals surface area contributed by atoms with Gasteiger partial charge < -0.3 is 10.4 Å². The zero-order valence-corrected chi connectivity index (χ0v) is 12.1. The van der Waals surface area contributed by atoms with Crippen molar-refractivity contribution in [3.63, 3.8) is 0 Å². The maximum atomic E-state index is 11.0. The van der Waals surface area contributed by atoms with Crippen molar-refractivity contribution in [1.82, 2.24) is 9.97 Å². The number of nitrogens with zero attached hydrogens (tertiary/aromatic N) is 2. The molecular formula is C17H15N3O2. The topological polar surface area (TPSA) is 75.1 Å². The molecule has 1 heterocycles. The summed E-state index contributed by atoms with van der Waals surface area (Å²) >= 11 is 0. The third-order valence-corrected chi connectivity index (χ3v) is 3.44. The summed E-state index contributed by atoms with van der Waals surface area (Å²) in [5.41, 5.74) is 2.94. The number of aromatic nitrogens is 2. The van der Waals surface area contributed by atoms with Crippen LogP contribution in [-0.4, -0.2) is 21.0 Å². The van der Waals surface area contributed by atoms with Gasteiger partial charge in [0.15, 0.2) is 0 Å². The average Bonchev–Trinajstić information content (AvgIpc) is 2.54. The van der Waals surface area contributed by atoms with Gasteiger partial charge in [0.2, 0.25) is 5.95 Å². The third kappa shape index (κ3) is 2.74. The Labute approximate surface area is 127 Å². The van der Waals surface area contributed by atoms with Gasteiger partial charge in [-0.25, -0.2) is 14.8 Å². The summed E-state index contributed by atoms with van der Waals surface area (Å²) in [5.74, 6) is -0.507. The number of nitrogens with one attached hydrogen (secondary N) is 1. The van der Waals surface area contributed by atoms with Crippen molar-refractivity contribution in [3.8, 4) is 0 Å². The maximum absolute atomic E-state index is 11.0. The van der Waals surface area contributed by atoms with Crippen molar-refractivity contribution in [3.05, 3.63) is 59.8 Å². The number of hydrogen-bond donors (Lipinski definition) is 2. The Hall–Kier alpha value is -2.95. The first kappa shape index (κ1) is 14.0. The Morgan fingerprint density at radius 3 is 2.82 bits per heavy atom. The summed E-state index contributed by atoms with van der Waals surface area (Å²) < 4.78 is 0. The van der Waals surface area contributed by atoms with E-state index in [9.17, 15) is 4.79 Å². The molecule has 0 aliphatic carbocycles. The molecule has 1 aromatic heterocycles. The highest BCUT2D eigenvalue weighted by atomic mass is 16.4. The Morgan fingerprint density at radius 2 is 2.05 bits per heavy atom. The molecule has 5 nitrogen and oxygen atoms in total. The number of hydrogen-bond acceptors (Lipinski definition) is 4. The molecule has 2 N–H and O–H groups in total. The van der Waals surface area contributed by atoms with Crippen LogP contribution in [0.25, 0.3) is 10.9 Å². The molecule has 0 amide bonds. The molecule has 0 bridgehead atoms. The van der Waals surface area contributed by atoms with Crippen LogP contribution in [0.2, 0.25) is 0 Å². The van der Waals surface area contributed by atoms with Crippen molar-refractivity contribution in [2.75, 3.05) is 5.32 Å². The van der Waals surface area contributed by atoms with E-state index in [1.807, 2.05) is 18.2 Å². The van der Waals surface area contributed by atoms with Gasteiger partial charge in [0.05, 0.1) is 11.1 Å². The van der Waals surface area contributed by atoms with Crippen LogP contribution in [0.5, 0.6) is 0 Å². The smallest absolute Gasteiger partial charge is 0.335 e. The molecule has 0 saturated heterocycles. The van der Waals surface area contributed by atoms with E-state index in [0.717, 1.165) is 22.9 Å². The van der Waals surface area contributed by atoms with Gasteiger partial charge in [0, 0.05) is 17.3 Å². The van der Waals surface area contributed by atoms with Crippen LogP contribution in [0.1, 0.15) is 22.8 Å². The van der Waals surface area contributed by atoms with E-state index in [1.54, 1.807) is 30.5 Å². The number of fused-ring (bicyclic) bond motifs is 1. The number of para-hydroxylation sites is 1. The average molecular weight is 293 g/mol. The number of carboxylic acid groups (broad SMARTS) is 1. The minimum atomic E-state index is -0.962. The van der Waals surface area contributed by atoms with E-state index < -0.39 is 5.97 Å². The normalized spacial score (nSPS) is 10.6. The molecule has 0 unspecified atom stereocenters. The number of aryl methyl sites for hydroxylation is 1. The Balaban J connectivity index is 1.97. The molecule has 0 radical (unpaired) electrons. The number of carbonyl (C=O) groups is 1. The predicted molar refractivity (Wildman–Crippen MR) is 85.6 cm³/mol. The summed E-state index contributed by atoms with van der Waals surface area (Å²) in [6.07, 6.45) is 2.66. The number of rotatable bonds is 4. The molecule has 0 saturated carbocycles. The van der Waals surface area contributed by atoms with Gasteiger partial charge in [-0.1, -0.05) is 31.2 Å². The second-order valence-corrected chi connectivity index (χ2v) is 4.91. The van der Waals surface area contributed by atoms with Gasteiger partial charge in [-0.3, -0.25) is 0 Å². The van der Waals surface area contributed by atoms with Crippen LogP contribution in [0.3, 0.4) is 0 Å². The molecule has 2 aromatic carbocycles. The monoisotopic (exact) mass is 293 g/mol. The standard InChI is InChI=1S/C17H15N3O2/c1-2-11-5-3-7-13-10-18-17(20-15(11)13)19-14-8-4-6-12(9-14)16(21)22/h3-10H,2H2,1H3,(H,21,22)(H,18,19,20). The number of benzene rings is 2. The highest BCUT2D eigenvalue weighted by Crippen LogP contribution is 2.20. The fourth-order valence-electron chi connectivity index (χ4n) is 2.32. The number of carboxylic acids is 1. The molecule has 3 aromatic rings. The SMILES string of the molecule is CCc1cccc2cnc(Nc3cccc(C(=O)O)c3)nc12. The molecule has 0 aliphatic heterocycles. The zero-order chi connectivity index (χ0) is 15.5. The van der Waals surface area contributed by atoms with Crippen molar-refractivity contribution in [1.29, 1.82) is 0 Å².